The molecule has 4 nitrogen and oxygen atoms in total. The van der Waals surface area contributed by atoms with Crippen LogP contribution < -0.4 is 5.32 Å². The molecular weight excluding hydrogens is 429 g/mol. The second-order valence-electron chi connectivity index (χ2n) is 9.82. The summed E-state index contributed by atoms with van der Waals surface area (Å²) in [6, 6.07) is 10.1. The van der Waals surface area contributed by atoms with E-state index < -0.39 is 30.0 Å². The molecule has 1 aliphatic heterocycles. The molecule has 2 unspecified atom stereocenters. The minimum absolute atomic E-state index is 0.0416. The van der Waals surface area contributed by atoms with Crippen LogP contribution in [-0.4, -0.2) is 35.5 Å². The minimum Gasteiger partial charge on any atom is -0.326 e. The number of aryl methyl sites for hydroxylation is 2. The van der Waals surface area contributed by atoms with Crippen LogP contribution in [0.2, 0.25) is 0 Å². The van der Waals surface area contributed by atoms with Crippen LogP contribution in [0.4, 0.5) is 18.9 Å². The van der Waals surface area contributed by atoms with Crippen molar-refractivity contribution in [2.75, 3.05) is 11.9 Å². The van der Waals surface area contributed by atoms with E-state index in [0.717, 1.165) is 10.5 Å². The zero-order valence-electron chi connectivity index (χ0n) is 19.7. The summed E-state index contributed by atoms with van der Waals surface area (Å²) in [5, 5.41) is 2.67. The Morgan fingerprint density at radius 2 is 1.61 bits per heavy atom. The molecule has 33 heavy (non-hydrogen) atoms. The third kappa shape index (κ3) is 5.40. The molecule has 7 heteroatoms. The fraction of sp³-hybridized carbons (Fsp3) is 0.462. The molecule has 1 aliphatic rings. The Kier molecular flexibility index (Phi) is 6.91. The number of benzene rings is 2. The number of alkyl halides is 3. The Morgan fingerprint density at radius 1 is 1.00 bits per heavy atom. The van der Waals surface area contributed by atoms with Crippen molar-refractivity contribution in [1.29, 1.82) is 0 Å². The lowest BCUT2D eigenvalue weighted by Crippen LogP contribution is -2.58. The van der Waals surface area contributed by atoms with Crippen molar-refractivity contribution < 1.29 is 22.8 Å². The van der Waals surface area contributed by atoms with E-state index in [-0.39, 0.29) is 23.9 Å². The van der Waals surface area contributed by atoms with Crippen molar-refractivity contribution in [3.05, 3.63) is 64.7 Å². The van der Waals surface area contributed by atoms with E-state index in [4.69, 9.17) is 0 Å². The standard InChI is InChI=1S/C26H31F3N2O2/c1-16-9-6-10-17(2)21(16)24(33)31-14-8-13-20(22(31)26(27,28)29)23(32)30-19-12-7-11-18(15-19)25(3,4)5/h6-7,9-12,15,20,22H,8,13-14H2,1-5H3,(H,30,32). The molecule has 2 amide bonds. The minimum atomic E-state index is -4.73. The summed E-state index contributed by atoms with van der Waals surface area (Å²) in [5.41, 5.74) is 2.74. The number of nitrogens with one attached hydrogen (secondary N) is 1. The Labute approximate surface area is 193 Å². The third-order valence-electron chi connectivity index (χ3n) is 6.26. The van der Waals surface area contributed by atoms with Crippen molar-refractivity contribution in [1.82, 2.24) is 4.90 Å². The molecule has 0 saturated carbocycles. The van der Waals surface area contributed by atoms with Crippen LogP contribution in [0, 0.1) is 19.8 Å². The van der Waals surface area contributed by atoms with Crippen LogP contribution in [0.1, 0.15) is 60.7 Å². The summed E-state index contributed by atoms with van der Waals surface area (Å²) in [6.07, 6.45) is -4.35. The first-order valence-corrected chi connectivity index (χ1v) is 11.2. The molecule has 2 aromatic rings. The molecule has 0 bridgehead atoms. The second kappa shape index (κ2) is 9.20. The molecule has 0 aromatic heterocycles. The van der Waals surface area contributed by atoms with Crippen molar-refractivity contribution in [2.45, 2.75) is 65.1 Å². The molecule has 0 spiro atoms. The van der Waals surface area contributed by atoms with Gasteiger partial charge in [0, 0.05) is 17.8 Å². The lowest BCUT2D eigenvalue weighted by Gasteiger charge is -2.41. The fourth-order valence-corrected chi connectivity index (χ4v) is 4.50. The molecule has 178 valence electrons. The van der Waals surface area contributed by atoms with Crippen LogP contribution >= 0.6 is 0 Å². The lowest BCUT2D eigenvalue weighted by atomic mass is 9.86. The van der Waals surface area contributed by atoms with Gasteiger partial charge in [-0.25, -0.2) is 0 Å². The van der Waals surface area contributed by atoms with Crippen LogP contribution in [0.15, 0.2) is 42.5 Å². The maximum atomic E-state index is 14.3. The van der Waals surface area contributed by atoms with Gasteiger partial charge in [-0.05, 0) is 60.9 Å². The number of likely N-dealkylation sites (tertiary alicyclic amines) is 1. The maximum Gasteiger partial charge on any atom is 0.409 e. The van der Waals surface area contributed by atoms with Crippen LogP contribution in [-0.2, 0) is 10.2 Å². The average molecular weight is 461 g/mol. The van der Waals surface area contributed by atoms with E-state index in [0.29, 0.717) is 23.2 Å². The Bertz CT molecular complexity index is 1020. The monoisotopic (exact) mass is 460 g/mol. The highest BCUT2D eigenvalue weighted by atomic mass is 19.4. The smallest absolute Gasteiger partial charge is 0.326 e. The van der Waals surface area contributed by atoms with Crippen molar-refractivity contribution in [3.63, 3.8) is 0 Å². The number of piperidine rings is 1. The van der Waals surface area contributed by atoms with Gasteiger partial charge in [-0.1, -0.05) is 51.1 Å². The van der Waals surface area contributed by atoms with E-state index in [9.17, 15) is 22.8 Å². The number of amides is 2. The number of hydrogen-bond acceptors (Lipinski definition) is 2. The van der Waals surface area contributed by atoms with Crippen molar-refractivity contribution in [3.8, 4) is 0 Å². The molecule has 0 aliphatic carbocycles. The topological polar surface area (TPSA) is 49.4 Å². The largest absolute Gasteiger partial charge is 0.409 e. The Morgan fingerprint density at radius 3 is 2.18 bits per heavy atom. The first-order chi connectivity index (χ1) is 15.3. The van der Waals surface area contributed by atoms with E-state index >= 15 is 0 Å². The van der Waals surface area contributed by atoms with Gasteiger partial charge in [0.2, 0.25) is 5.91 Å². The molecule has 2 aromatic carbocycles. The summed E-state index contributed by atoms with van der Waals surface area (Å²) in [6.45, 7) is 9.43. The van der Waals surface area contributed by atoms with Crippen LogP contribution in [0.3, 0.4) is 0 Å². The summed E-state index contributed by atoms with van der Waals surface area (Å²) >= 11 is 0. The normalized spacial score (nSPS) is 19.3. The van der Waals surface area contributed by atoms with Gasteiger partial charge in [-0.3, -0.25) is 9.59 Å². The van der Waals surface area contributed by atoms with Crippen molar-refractivity contribution >= 4 is 17.5 Å². The zero-order valence-corrected chi connectivity index (χ0v) is 19.7. The Balaban J connectivity index is 1.92. The molecule has 1 saturated heterocycles. The fourth-order valence-electron chi connectivity index (χ4n) is 4.50. The number of carbonyl (C=O) groups excluding carboxylic acids is 2. The number of nitrogens with zero attached hydrogens (tertiary/aromatic N) is 1. The van der Waals surface area contributed by atoms with Gasteiger partial charge < -0.3 is 10.2 Å². The SMILES string of the molecule is Cc1cccc(C)c1C(=O)N1CCCC(C(=O)Nc2cccc(C(C)(C)C)c2)C1C(F)(F)F. The van der Waals surface area contributed by atoms with Gasteiger partial charge in [0.1, 0.15) is 6.04 Å². The highest BCUT2D eigenvalue weighted by Gasteiger charge is 2.54. The second-order valence-corrected chi connectivity index (χ2v) is 9.82. The van der Waals surface area contributed by atoms with Crippen molar-refractivity contribution in [2.24, 2.45) is 5.92 Å². The molecule has 0 radical (unpaired) electrons. The number of anilines is 1. The molecule has 1 fully saturated rings. The van der Waals surface area contributed by atoms with E-state index in [1.54, 1.807) is 50.2 Å². The average Bonchev–Trinajstić information content (AvgIpc) is 2.72. The summed E-state index contributed by atoms with van der Waals surface area (Å²) in [4.78, 5) is 27.2. The quantitative estimate of drug-likeness (QED) is 0.609. The summed E-state index contributed by atoms with van der Waals surface area (Å²) in [7, 11) is 0. The summed E-state index contributed by atoms with van der Waals surface area (Å²) < 4.78 is 42.8. The Hall–Kier alpha value is -2.83. The predicted molar refractivity (Wildman–Crippen MR) is 123 cm³/mol. The molecule has 1 heterocycles. The summed E-state index contributed by atoms with van der Waals surface area (Å²) in [5.74, 6) is -2.78. The number of rotatable bonds is 3. The van der Waals surface area contributed by atoms with Crippen LogP contribution in [0.25, 0.3) is 0 Å². The first kappa shape index (κ1) is 24.8. The van der Waals surface area contributed by atoms with E-state index in [1.807, 2.05) is 26.8 Å². The van der Waals surface area contributed by atoms with Gasteiger partial charge in [0.15, 0.2) is 0 Å². The van der Waals surface area contributed by atoms with Gasteiger partial charge in [-0.2, -0.15) is 13.2 Å². The molecule has 3 rings (SSSR count). The number of carbonyl (C=O) groups is 2. The highest BCUT2D eigenvalue weighted by Crippen LogP contribution is 2.38. The zero-order chi connectivity index (χ0) is 24.6. The number of halogens is 3. The predicted octanol–water partition coefficient (Wildman–Crippen LogP) is 6.02. The first-order valence-electron chi connectivity index (χ1n) is 11.2. The van der Waals surface area contributed by atoms with Gasteiger partial charge >= 0.3 is 6.18 Å². The maximum absolute atomic E-state index is 14.3. The van der Waals surface area contributed by atoms with Gasteiger partial charge in [0.25, 0.3) is 5.91 Å². The molecular formula is C26H31F3N2O2. The van der Waals surface area contributed by atoms with E-state index in [2.05, 4.69) is 5.32 Å². The lowest BCUT2D eigenvalue weighted by molar-refractivity contribution is -0.197. The van der Waals surface area contributed by atoms with Gasteiger partial charge in [0.05, 0.1) is 5.92 Å². The van der Waals surface area contributed by atoms with E-state index in [1.165, 1.54) is 0 Å². The molecule has 2 atom stereocenters. The third-order valence-corrected chi connectivity index (χ3v) is 6.26. The highest BCUT2D eigenvalue weighted by molar-refractivity contribution is 5.99. The van der Waals surface area contributed by atoms with Gasteiger partial charge in [-0.15, -0.1) is 0 Å². The van der Waals surface area contributed by atoms with Crippen LogP contribution in [0.5, 0.6) is 0 Å². The molecule has 1 N–H and O–H groups in total. The number of hydrogen-bond donors (Lipinski definition) is 1.